The summed E-state index contributed by atoms with van der Waals surface area (Å²) in [6, 6.07) is 5.83. The maximum atomic E-state index is 6.06. The first-order valence-electron chi connectivity index (χ1n) is 4.08. The molecule has 0 saturated heterocycles. The average molecular weight is 276 g/mol. The minimum Gasteiger partial charge on any atom is -0.463 e. The van der Waals surface area contributed by atoms with Gasteiger partial charge in [-0.2, -0.15) is 0 Å². The summed E-state index contributed by atoms with van der Waals surface area (Å²) in [6.07, 6.45) is 0. The van der Waals surface area contributed by atoms with Crippen LogP contribution in [0.25, 0.3) is 0 Å². The highest BCUT2D eigenvalue weighted by Gasteiger charge is 2.20. The summed E-state index contributed by atoms with van der Waals surface area (Å²) >= 11 is 9.40. The summed E-state index contributed by atoms with van der Waals surface area (Å²) in [5.41, 5.74) is 6.36. The van der Waals surface area contributed by atoms with Gasteiger partial charge in [0.25, 0.3) is 6.02 Å². The lowest BCUT2D eigenvalue weighted by molar-refractivity contribution is 0.315. The Bertz CT molecular complexity index is 394. The normalized spacial score (nSPS) is 20.4. The Kier molecular flexibility index (Phi) is 2.65. The van der Waals surface area contributed by atoms with Gasteiger partial charge in [-0.25, -0.2) is 4.99 Å². The van der Waals surface area contributed by atoms with Crippen LogP contribution in [-0.2, 0) is 4.74 Å². The van der Waals surface area contributed by atoms with Gasteiger partial charge in [-0.1, -0.05) is 33.6 Å². The van der Waals surface area contributed by atoms with E-state index >= 15 is 0 Å². The quantitative estimate of drug-likeness (QED) is 0.856. The van der Waals surface area contributed by atoms with E-state index in [4.69, 9.17) is 22.1 Å². The summed E-state index contributed by atoms with van der Waals surface area (Å²) in [4.78, 5) is 4.12. The van der Waals surface area contributed by atoms with Gasteiger partial charge in [-0.05, 0) is 17.7 Å². The summed E-state index contributed by atoms with van der Waals surface area (Å²) in [7, 11) is 0. The summed E-state index contributed by atoms with van der Waals surface area (Å²) in [6.45, 7) is 0.465. The fourth-order valence-corrected chi connectivity index (χ4v) is 2.12. The van der Waals surface area contributed by atoms with Crippen LogP contribution in [0, 0.1) is 0 Å². The monoisotopic (exact) mass is 274 g/mol. The molecule has 14 heavy (non-hydrogen) atoms. The molecule has 0 saturated carbocycles. The van der Waals surface area contributed by atoms with Crippen LogP contribution in [-0.4, -0.2) is 12.6 Å². The molecule has 1 aliphatic rings. The topological polar surface area (TPSA) is 47.6 Å². The zero-order chi connectivity index (χ0) is 10.1. The highest BCUT2D eigenvalue weighted by atomic mass is 79.9. The van der Waals surface area contributed by atoms with E-state index in [0.717, 1.165) is 10.0 Å². The lowest BCUT2D eigenvalue weighted by Gasteiger charge is -2.07. The van der Waals surface area contributed by atoms with Gasteiger partial charge >= 0.3 is 0 Å². The minimum atomic E-state index is -0.0735. The van der Waals surface area contributed by atoms with Crippen molar-refractivity contribution in [2.45, 2.75) is 6.04 Å². The molecule has 0 amide bonds. The molecular weight excluding hydrogens is 267 g/mol. The molecule has 1 aromatic carbocycles. The second-order valence-electron chi connectivity index (χ2n) is 2.96. The highest BCUT2D eigenvalue weighted by Crippen LogP contribution is 2.30. The zero-order valence-corrected chi connectivity index (χ0v) is 9.55. The molecule has 2 rings (SSSR count). The Morgan fingerprint density at radius 2 is 2.36 bits per heavy atom. The van der Waals surface area contributed by atoms with E-state index in [2.05, 4.69) is 20.9 Å². The van der Waals surface area contributed by atoms with Crippen molar-refractivity contribution in [1.29, 1.82) is 0 Å². The van der Waals surface area contributed by atoms with Crippen molar-refractivity contribution < 1.29 is 4.74 Å². The molecule has 2 N–H and O–H groups in total. The van der Waals surface area contributed by atoms with Crippen molar-refractivity contribution in [3.05, 3.63) is 33.3 Å². The van der Waals surface area contributed by atoms with Gasteiger partial charge in [-0.3, -0.25) is 0 Å². The van der Waals surface area contributed by atoms with E-state index < -0.39 is 0 Å². The van der Waals surface area contributed by atoms with E-state index in [-0.39, 0.29) is 12.1 Å². The van der Waals surface area contributed by atoms with E-state index in [1.807, 2.05) is 18.2 Å². The molecule has 0 bridgehead atoms. The van der Waals surface area contributed by atoms with Crippen molar-refractivity contribution in [1.82, 2.24) is 0 Å². The third-order valence-corrected chi connectivity index (χ3v) is 2.81. The Balaban J connectivity index is 2.33. The van der Waals surface area contributed by atoms with E-state index in [0.29, 0.717) is 11.6 Å². The number of nitrogens with zero attached hydrogens (tertiary/aromatic N) is 1. The first-order chi connectivity index (χ1) is 6.66. The van der Waals surface area contributed by atoms with Crippen LogP contribution in [0.2, 0.25) is 5.02 Å². The maximum absolute atomic E-state index is 6.06. The second kappa shape index (κ2) is 3.79. The molecule has 0 aromatic heterocycles. The van der Waals surface area contributed by atoms with Crippen LogP contribution in [0.4, 0.5) is 0 Å². The third-order valence-electron chi connectivity index (χ3n) is 1.99. The van der Waals surface area contributed by atoms with Gasteiger partial charge in [-0.15, -0.1) is 0 Å². The van der Waals surface area contributed by atoms with Gasteiger partial charge in [0.15, 0.2) is 0 Å². The summed E-state index contributed by atoms with van der Waals surface area (Å²) < 4.78 is 6.01. The number of aliphatic imine (C=N–C) groups is 1. The van der Waals surface area contributed by atoms with Crippen molar-refractivity contribution in [3.63, 3.8) is 0 Å². The van der Waals surface area contributed by atoms with Crippen LogP contribution in [0.3, 0.4) is 0 Å². The number of amidine groups is 1. The van der Waals surface area contributed by atoms with Crippen LogP contribution in [0.15, 0.2) is 27.7 Å². The predicted molar refractivity (Wildman–Crippen MR) is 59.5 cm³/mol. The van der Waals surface area contributed by atoms with Crippen molar-refractivity contribution >= 4 is 33.6 Å². The molecule has 1 aliphatic heterocycles. The Labute approximate surface area is 95.0 Å². The molecule has 3 nitrogen and oxygen atoms in total. The average Bonchev–Trinajstić information content (AvgIpc) is 2.51. The molecule has 1 aromatic rings. The molecular formula is C9H8BrClN2O. The predicted octanol–water partition coefficient (Wildman–Crippen LogP) is 2.49. The molecule has 74 valence electrons. The molecule has 5 heteroatoms. The Hall–Kier alpha value is -0.740. The van der Waals surface area contributed by atoms with Gasteiger partial charge in [0.2, 0.25) is 0 Å². The Morgan fingerprint density at radius 3 is 2.93 bits per heavy atom. The zero-order valence-electron chi connectivity index (χ0n) is 7.21. The van der Waals surface area contributed by atoms with Crippen molar-refractivity contribution in [2.75, 3.05) is 6.61 Å². The van der Waals surface area contributed by atoms with Crippen LogP contribution in [0.1, 0.15) is 11.6 Å². The number of halogens is 2. The third kappa shape index (κ3) is 1.86. The SMILES string of the molecule is NC1=N[C@H](c2ccc(Br)cc2Cl)CO1. The summed E-state index contributed by atoms with van der Waals surface area (Å²) in [5.74, 6) is 0. The first kappa shape index (κ1) is 9.80. The van der Waals surface area contributed by atoms with Crippen molar-refractivity contribution in [2.24, 2.45) is 10.7 Å². The number of hydrogen-bond donors (Lipinski definition) is 1. The number of benzene rings is 1. The van der Waals surface area contributed by atoms with Crippen LogP contribution in [0.5, 0.6) is 0 Å². The number of nitrogens with two attached hydrogens (primary N) is 1. The molecule has 0 fully saturated rings. The van der Waals surface area contributed by atoms with Gasteiger partial charge in [0.05, 0.1) is 0 Å². The second-order valence-corrected chi connectivity index (χ2v) is 4.28. The maximum Gasteiger partial charge on any atom is 0.282 e. The molecule has 0 unspecified atom stereocenters. The van der Waals surface area contributed by atoms with E-state index in [1.54, 1.807) is 0 Å². The van der Waals surface area contributed by atoms with E-state index in [1.165, 1.54) is 0 Å². The number of hydrogen-bond acceptors (Lipinski definition) is 3. The smallest absolute Gasteiger partial charge is 0.282 e. The molecule has 0 aliphatic carbocycles. The van der Waals surface area contributed by atoms with Gasteiger partial charge < -0.3 is 10.5 Å². The van der Waals surface area contributed by atoms with Crippen LogP contribution >= 0.6 is 27.5 Å². The van der Waals surface area contributed by atoms with Crippen molar-refractivity contribution in [3.8, 4) is 0 Å². The van der Waals surface area contributed by atoms with Gasteiger partial charge in [0.1, 0.15) is 12.6 Å². The number of rotatable bonds is 1. The fraction of sp³-hybridized carbons (Fsp3) is 0.222. The fourth-order valence-electron chi connectivity index (χ4n) is 1.32. The molecule has 1 atom stereocenters. The molecule has 0 spiro atoms. The molecule has 1 heterocycles. The highest BCUT2D eigenvalue weighted by molar-refractivity contribution is 9.10. The standard InChI is InChI=1S/C9H8BrClN2O/c10-5-1-2-6(7(11)3-5)8-4-14-9(12)13-8/h1-3,8H,4H2,(H2,12,13)/t8-/m0/s1. The number of ether oxygens (including phenoxy) is 1. The van der Waals surface area contributed by atoms with E-state index in [9.17, 15) is 0 Å². The van der Waals surface area contributed by atoms with Crippen LogP contribution < -0.4 is 5.73 Å². The minimum absolute atomic E-state index is 0.0735. The lowest BCUT2D eigenvalue weighted by Crippen LogP contribution is -2.10. The largest absolute Gasteiger partial charge is 0.463 e. The first-order valence-corrected chi connectivity index (χ1v) is 5.25. The Morgan fingerprint density at radius 1 is 1.57 bits per heavy atom. The molecule has 0 radical (unpaired) electrons. The lowest BCUT2D eigenvalue weighted by atomic mass is 10.1. The van der Waals surface area contributed by atoms with Gasteiger partial charge in [0, 0.05) is 9.50 Å². The summed E-state index contributed by atoms with van der Waals surface area (Å²) in [5, 5.41) is 0.673.